The zero-order valence-electron chi connectivity index (χ0n) is 9.47. The van der Waals surface area contributed by atoms with Crippen LogP contribution in [-0.2, 0) is 5.67 Å². The van der Waals surface area contributed by atoms with Crippen molar-refractivity contribution in [2.24, 2.45) is 5.92 Å². The molecule has 1 fully saturated rings. The molecular weight excluding hydrogens is 269 g/mol. The second-order valence-electron chi connectivity index (χ2n) is 4.61. The molecule has 0 aromatic heterocycles. The highest BCUT2D eigenvalue weighted by atomic mass is 79.9. The Kier molecular flexibility index (Phi) is 3.65. The van der Waals surface area contributed by atoms with Crippen LogP contribution in [0.25, 0.3) is 0 Å². The van der Waals surface area contributed by atoms with Crippen molar-refractivity contribution in [2.45, 2.75) is 25.4 Å². The predicted octanol–water partition coefficient (Wildman–Crippen LogP) is 3.63. The highest BCUT2D eigenvalue weighted by Gasteiger charge is 2.36. The molecule has 1 aromatic rings. The van der Waals surface area contributed by atoms with Crippen molar-refractivity contribution < 1.29 is 4.39 Å². The number of nitrogens with one attached hydrogen (secondary N) is 1. The Balaban J connectivity index is 2.19. The van der Waals surface area contributed by atoms with E-state index in [4.69, 9.17) is 0 Å². The van der Waals surface area contributed by atoms with Crippen molar-refractivity contribution in [2.75, 3.05) is 13.1 Å². The smallest absolute Gasteiger partial charge is 0.136 e. The van der Waals surface area contributed by atoms with Crippen molar-refractivity contribution in [3.8, 4) is 0 Å². The maximum Gasteiger partial charge on any atom is 0.136 e. The second-order valence-corrected chi connectivity index (χ2v) is 5.52. The monoisotopic (exact) mass is 285 g/mol. The van der Waals surface area contributed by atoms with E-state index >= 15 is 0 Å². The minimum atomic E-state index is -1.21. The summed E-state index contributed by atoms with van der Waals surface area (Å²) in [5.41, 5.74) is -0.411. The summed E-state index contributed by atoms with van der Waals surface area (Å²) in [6.07, 6.45) is 1.84. The molecule has 1 aliphatic heterocycles. The molecule has 88 valence electrons. The van der Waals surface area contributed by atoms with Gasteiger partial charge >= 0.3 is 0 Å². The summed E-state index contributed by atoms with van der Waals surface area (Å²) in [4.78, 5) is 0. The molecule has 2 rings (SSSR count). The number of halogens is 2. The highest BCUT2D eigenvalue weighted by Crippen LogP contribution is 2.38. The molecule has 0 spiro atoms. The lowest BCUT2D eigenvalue weighted by Crippen LogP contribution is -2.37. The molecule has 1 nitrogen and oxygen atoms in total. The Morgan fingerprint density at radius 3 is 2.38 bits per heavy atom. The minimum absolute atomic E-state index is 0.134. The van der Waals surface area contributed by atoms with Gasteiger partial charge in [0.15, 0.2) is 0 Å². The van der Waals surface area contributed by atoms with Gasteiger partial charge in [0.05, 0.1) is 0 Å². The first-order valence-corrected chi connectivity index (χ1v) is 6.55. The lowest BCUT2D eigenvalue weighted by atomic mass is 9.79. The van der Waals surface area contributed by atoms with Crippen LogP contribution in [0.1, 0.15) is 25.3 Å². The average molecular weight is 286 g/mol. The van der Waals surface area contributed by atoms with Gasteiger partial charge in [-0.1, -0.05) is 28.1 Å². The number of benzene rings is 1. The Morgan fingerprint density at radius 2 is 1.81 bits per heavy atom. The average Bonchev–Trinajstić information content (AvgIpc) is 2.31. The summed E-state index contributed by atoms with van der Waals surface area (Å²) in [6.45, 7) is 3.58. The summed E-state index contributed by atoms with van der Waals surface area (Å²) in [5.74, 6) is 0.134. The maximum absolute atomic E-state index is 14.8. The first-order chi connectivity index (χ1) is 7.60. The van der Waals surface area contributed by atoms with Gasteiger partial charge in [-0.25, -0.2) is 4.39 Å². The molecule has 1 saturated heterocycles. The van der Waals surface area contributed by atoms with Crippen LogP contribution in [0.2, 0.25) is 0 Å². The van der Waals surface area contributed by atoms with Gasteiger partial charge in [0.25, 0.3) is 0 Å². The lowest BCUT2D eigenvalue weighted by Gasteiger charge is -2.34. The Bertz CT molecular complexity index is 341. The summed E-state index contributed by atoms with van der Waals surface area (Å²) in [6, 6.07) is 7.58. The predicted molar refractivity (Wildman–Crippen MR) is 68.2 cm³/mol. The molecule has 3 heteroatoms. The third kappa shape index (κ3) is 2.46. The third-order valence-corrected chi connectivity index (χ3v) is 4.04. The normalized spacial score (nSPS) is 21.7. The molecule has 1 heterocycles. The van der Waals surface area contributed by atoms with Crippen LogP contribution in [0.15, 0.2) is 28.7 Å². The van der Waals surface area contributed by atoms with Crippen LogP contribution in [0.3, 0.4) is 0 Å². The van der Waals surface area contributed by atoms with Crippen LogP contribution >= 0.6 is 15.9 Å². The summed E-state index contributed by atoms with van der Waals surface area (Å²) < 4.78 is 15.8. The molecule has 1 atom stereocenters. The number of hydrogen-bond acceptors (Lipinski definition) is 1. The largest absolute Gasteiger partial charge is 0.317 e. The molecule has 0 amide bonds. The fraction of sp³-hybridized carbons (Fsp3) is 0.538. The van der Waals surface area contributed by atoms with Gasteiger partial charge in [-0.2, -0.15) is 0 Å². The van der Waals surface area contributed by atoms with Gasteiger partial charge in [0, 0.05) is 4.47 Å². The van der Waals surface area contributed by atoms with Crippen molar-refractivity contribution in [1.29, 1.82) is 0 Å². The van der Waals surface area contributed by atoms with Crippen molar-refractivity contribution >= 4 is 15.9 Å². The van der Waals surface area contributed by atoms with Gasteiger partial charge in [0.2, 0.25) is 0 Å². The molecule has 0 aliphatic carbocycles. The van der Waals surface area contributed by atoms with Crippen molar-refractivity contribution in [3.63, 3.8) is 0 Å². The fourth-order valence-electron chi connectivity index (χ4n) is 2.38. The summed E-state index contributed by atoms with van der Waals surface area (Å²) in [7, 11) is 0. The summed E-state index contributed by atoms with van der Waals surface area (Å²) >= 11 is 3.38. The van der Waals surface area contributed by atoms with E-state index in [1.54, 1.807) is 6.92 Å². The molecule has 1 aliphatic rings. The van der Waals surface area contributed by atoms with Gasteiger partial charge in [-0.15, -0.1) is 0 Å². The zero-order chi connectivity index (χ0) is 11.6. The Labute approximate surface area is 105 Å². The van der Waals surface area contributed by atoms with Gasteiger partial charge in [-0.05, 0) is 56.5 Å². The molecule has 16 heavy (non-hydrogen) atoms. The SMILES string of the molecule is CC(F)(c1ccc(Br)cc1)C1CCNCC1. The van der Waals surface area contributed by atoms with E-state index < -0.39 is 5.67 Å². The quantitative estimate of drug-likeness (QED) is 0.875. The van der Waals surface area contributed by atoms with E-state index in [2.05, 4.69) is 21.2 Å². The molecular formula is C13H17BrFN. The first kappa shape index (κ1) is 12.1. The highest BCUT2D eigenvalue weighted by molar-refractivity contribution is 9.10. The maximum atomic E-state index is 14.8. The van der Waals surface area contributed by atoms with E-state index in [0.717, 1.165) is 36.0 Å². The van der Waals surface area contributed by atoms with E-state index in [9.17, 15) is 4.39 Å². The van der Waals surface area contributed by atoms with Crippen LogP contribution < -0.4 is 5.32 Å². The number of rotatable bonds is 2. The minimum Gasteiger partial charge on any atom is -0.317 e. The lowest BCUT2D eigenvalue weighted by molar-refractivity contribution is 0.0773. The standard InChI is InChI=1S/C13H17BrFN/c1-13(15,11-6-8-16-9-7-11)10-2-4-12(14)5-3-10/h2-5,11,16H,6-9H2,1H3. The van der Waals surface area contributed by atoms with E-state index in [-0.39, 0.29) is 5.92 Å². The van der Waals surface area contributed by atoms with Crippen molar-refractivity contribution in [3.05, 3.63) is 34.3 Å². The number of hydrogen-bond donors (Lipinski definition) is 1. The molecule has 0 saturated carbocycles. The second kappa shape index (κ2) is 4.84. The van der Waals surface area contributed by atoms with Crippen LogP contribution in [0.4, 0.5) is 4.39 Å². The van der Waals surface area contributed by atoms with E-state index in [0.29, 0.717) is 0 Å². The van der Waals surface area contributed by atoms with Gasteiger partial charge in [0.1, 0.15) is 5.67 Å². The fourth-order valence-corrected chi connectivity index (χ4v) is 2.64. The molecule has 1 N–H and O–H groups in total. The Hall–Kier alpha value is -0.410. The summed E-state index contributed by atoms with van der Waals surface area (Å²) in [5, 5.41) is 3.27. The molecule has 0 bridgehead atoms. The Morgan fingerprint density at radius 1 is 1.25 bits per heavy atom. The third-order valence-electron chi connectivity index (χ3n) is 3.51. The van der Waals surface area contributed by atoms with E-state index in [1.807, 2.05) is 24.3 Å². The molecule has 1 unspecified atom stereocenters. The van der Waals surface area contributed by atoms with Gasteiger partial charge < -0.3 is 5.32 Å². The first-order valence-electron chi connectivity index (χ1n) is 5.76. The number of alkyl halides is 1. The topological polar surface area (TPSA) is 12.0 Å². The van der Waals surface area contributed by atoms with E-state index in [1.165, 1.54) is 0 Å². The van der Waals surface area contributed by atoms with Crippen LogP contribution in [0, 0.1) is 5.92 Å². The van der Waals surface area contributed by atoms with Gasteiger partial charge in [-0.3, -0.25) is 0 Å². The molecule has 0 radical (unpaired) electrons. The molecule has 1 aromatic carbocycles. The zero-order valence-corrected chi connectivity index (χ0v) is 11.1. The number of piperidine rings is 1. The van der Waals surface area contributed by atoms with Crippen LogP contribution in [0.5, 0.6) is 0 Å². The van der Waals surface area contributed by atoms with Crippen molar-refractivity contribution in [1.82, 2.24) is 5.32 Å². The van der Waals surface area contributed by atoms with Crippen LogP contribution in [-0.4, -0.2) is 13.1 Å².